The zero-order valence-electron chi connectivity index (χ0n) is 8.47. The van der Waals surface area contributed by atoms with Crippen LogP contribution in [0.5, 0.6) is 0 Å². The van der Waals surface area contributed by atoms with Gasteiger partial charge in [-0.05, 0) is 6.08 Å². The fourth-order valence-corrected chi connectivity index (χ4v) is 0.889. The average Bonchev–Trinajstić information content (AvgIpc) is 2.59. The summed E-state index contributed by atoms with van der Waals surface area (Å²) in [7, 11) is 4.81. The molecule has 0 bridgehead atoms. The van der Waals surface area contributed by atoms with E-state index in [4.69, 9.17) is 4.84 Å². The van der Waals surface area contributed by atoms with Gasteiger partial charge in [0.2, 0.25) is 0 Å². The first-order chi connectivity index (χ1) is 6.63. The van der Waals surface area contributed by atoms with E-state index in [0.717, 1.165) is 10.6 Å². The lowest BCUT2D eigenvalue weighted by atomic mass is 10.3. The van der Waals surface area contributed by atoms with Crippen LogP contribution in [0.2, 0.25) is 0 Å². The minimum absolute atomic E-state index is 0.212. The predicted octanol–water partition coefficient (Wildman–Crippen LogP) is 0.453. The molecular weight excluding hydrogens is 182 g/mol. The molecule has 0 spiro atoms. The number of rotatable bonds is 3. The van der Waals surface area contributed by atoms with Gasteiger partial charge in [0.15, 0.2) is 0 Å². The molecule has 0 aliphatic carbocycles. The van der Waals surface area contributed by atoms with Crippen LogP contribution in [0.3, 0.4) is 0 Å². The molecule has 5 nitrogen and oxygen atoms in total. The van der Waals surface area contributed by atoms with Crippen LogP contribution in [-0.4, -0.2) is 34.9 Å². The van der Waals surface area contributed by atoms with Gasteiger partial charge in [-0.2, -0.15) is 5.10 Å². The van der Waals surface area contributed by atoms with E-state index in [1.807, 2.05) is 13.2 Å². The van der Waals surface area contributed by atoms with Gasteiger partial charge < -0.3 is 0 Å². The molecule has 5 heteroatoms. The molecule has 1 amide bonds. The summed E-state index contributed by atoms with van der Waals surface area (Å²) in [6, 6.07) is 0. The molecule has 0 N–H and O–H groups in total. The van der Waals surface area contributed by atoms with Crippen LogP contribution in [0.4, 0.5) is 0 Å². The van der Waals surface area contributed by atoms with Crippen molar-refractivity contribution in [3.63, 3.8) is 0 Å². The Balaban J connectivity index is 2.60. The first-order valence-corrected chi connectivity index (χ1v) is 4.12. The SMILES string of the molecule is CON(C)C(=O)/C=C/c1cnn(C)c1. The Labute approximate surface area is 82.5 Å². The number of amides is 1. The second kappa shape index (κ2) is 4.57. The van der Waals surface area contributed by atoms with E-state index in [1.54, 1.807) is 24.0 Å². The van der Waals surface area contributed by atoms with Crippen LogP contribution in [0.1, 0.15) is 5.56 Å². The van der Waals surface area contributed by atoms with Gasteiger partial charge in [-0.3, -0.25) is 14.3 Å². The van der Waals surface area contributed by atoms with Crippen molar-refractivity contribution in [2.75, 3.05) is 14.2 Å². The molecule has 1 aromatic heterocycles. The second-order valence-electron chi connectivity index (χ2n) is 2.80. The summed E-state index contributed by atoms with van der Waals surface area (Å²) in [5, 5.41) is 5.11. The topological polar surface area (TPSA) is 47.4 Å². The van der Waals surface area contributed by atoms with E-state index in [9.17, 15) is 4.79 Å². The first-order valence-electron chi connectivity index (χ1n) is 4.12. The largest absolute Gasteiger partial charge is 0.275 e. The number of nitrogens with zero attached hydrogens (tertiary/aromatic N) is 3. The highest BCUT2D eigenvalue weighted by Crippen LogP contribution is 1.99. The molecule has 1 heterocycles. The van der Waals surface area contributed by atoms with E-state index in [-0.39, 0.29) is 5.91 Å². The van der Waals surface area contributed by atoms with Crippen molar-refractivity contribution >= 4 is 12.0 Å². The third-order valence-corrected chi connectivity index (χ3v) is 1.73. The van der Waals surface area contributed by atoms with E-state index in [1.165, 1.54) is 13.2 Å². The molecule has 0 saturated carbocycles. The average molecular weight is 195 g/mol. The van der Waals surface area contributed by atoms with Crippen LogP contribution in [-0.2, 0) is 16.7 Å². The summed E-state index contributed by atoms with van der Waals surface area (Å²) in [5.74, 6) is -0.212. The molecular formula is C9H13N3O2. The number of aromatic nitrogens is 2. The predicted molar refractivity (Wildman–Crippen MR) is 52.0 cm³/mol. The van der Waals surface area contributed by atoms with E-state index >= 15 is 0 Å². The van der Waals surface area contributed by atoms with Gasteiger partial charge in [-0.25, -0.2) is 5.06 Å². The molecule has 14 heavy (non-hydrogen) atoms. The number of aryl methyl sites for hydroxylation is 1. The standard InChI is InChI=1S/C9H13N3O2/c1-11-7-8(6-10-11)4-5-9(13)12(2)14-3/h4-7H,1-3H3/b5-4+. The molecule has 0 radical (unpaired) electrons. The fourth-order valence-electron chi connectivity index (χ4n) is 0.889. The minimum Gasteiger partial charge on any atom is -0.275 e. The second-order valence-corrected chi connectivity index (χ2v) is 2.80. The Morgan fingerprint density at radius 2 is 2.43 bits per heavy atom. The summed E-state index contributed by atoms with van der Waals surface area (Å²) >= 11 is 0. The van der Waals surface area contributed by atoms with Crippen molar-refractivity contribution in [1.82, 2.24) is 14.8 Å². The maximum Gasteiger partial charge on any atom is 0.269 e. The van der Waals surface area contributed by atoms with Gasteiger partial charge in [0.25, 0.3) is 5.91 Å². The van der Waals surface area contributed by atoms with Crippen molar-refractivity contribution in [2.45, 2.75) is 0 Å². The zero-order valence-corrected chi connectivity index (χ0v) is 8.47. The summed E-state index contributed by atoms with van der Waals surface area (Å²) < 4.78 is 1.67. The molecule has 0 saturated heterocycles. The molecule has 1 rings (SSSR count). The van der Waals surface area contributed by atoms with Crippen molar-refractivity contribution in [3.8, 4) is 0 Å². The summed E-state index contributed by atoms with van der Waals surface area (Å²) in [6.45, 7) is 0. The Morgan fingerprint density at radius 1 is 1.71 bits per heavy atom. The van der Waals surface area contributed by atoms with Crippen LogP contribution < -0.4 is 0 Å². The number of hydrogen-bond donors (Lipinski definition) is 0. The van der Waals surface area contributed by atoms with Crippen LogP contribution in [0.15, 0.2) is 18.5 Å². The molecule has 0 aliphatic rings. The van der Waals surface area contributed by atoms with E-state index in [2.05, 4.69) is 5.10 Å². The summed E-state index contributed by atoms with van der Waals surface area (Å²) in [5.41, 5.74) is 0.880. The van der Waals surface area contributed by atoms with E-state index in [0.29, 0.717) is 0 Å². The highest BCUT2D eigenvalue weighted by Gasteiger charge is 2.01. The van der Waals surface area contributed by atoms with Crippen molar-refractivity contribution in [2.24, 2.45) is 7.05 Å². The smallest absolute Gasteiger partial charge is 0.269 e. The number of hydroxylamine groups is 2. The number of carbonyl (C=O) groups is 1. The van der Waals surface area contributed by atoms with Gasteiger partial charge >= 0.3 is 0 Å². The fraction of sp³-hybridized carbons (Fsp3) is 0.333. The molecule has 0 atom stereocenters. The van der Waals surface area contributed by atoms with Gasteiger partial charge in [-0.1, -0.05) is 0 Å². The lowest BCUT2D eigenvalue weighted by molar-refractivity contribution is -0.162. The number of hydrogen-bond acceptors (Lipinski definition) is 3. The minimum atomic E-state index is -0.212. The Hall–Kier alpha value is -1.62. The summed E-state index contributed by atoms with van der Waals surface area (Å²) in [4.78, 5) is 16.0. The van der Waals surface area contributed by atoms with E-state index < -0.39 is 0 Å². The zero-order chi connectivity index (χ0) is 10.6. The van der Waals surface area contributed by atoms with Crippen molar-refractivity contribution < 1.29 is 9.63 Å². The third kappa shape index (κ3) is 2.70. The molecule has 0 unspecified atom stereocenters. The lowest BCUT2D eigenvalue weighted by Crippen LogP contribution is -2.22. The molecule has 0 aromatic carbocycles. The normalized spacial score (nSPS) is 10.8. The Morgan fingerprint density at radius 3 is 2.93 bits per heavy atom. The van der Waals surface area contributed by atoms with Crippen LogP contribution in [0.25, 0.3) is 6.08 Å². The number of likely N-dealkylation sites (N-methyl/N-ethyl adjacent to an activating group) is 1. The Bertz CT molecular complexity index is 344. The highest BCUT2D eigenvalue weighted by molar-refractivity contribution is 5.90. The Kier molecular flexibility index (Phi) is 3.41. The van der Waals surface area contributed by atoms with Crippen LogP contribution in [0, 0.1) is 0 Å². The van der Waals surface area contributed by atoms with Gasteiger partial charge in [0, 0.05) is 31.9 Å². The molecule has 0 aliphatic heterocycles. The van der Waals surface area contributed by atoms with Crippen molar-refractivity contribution in [3.05, 3.63) is 24.0 Å². The molecule has 0 fully saturated rings. The van der Waals surface area contributed by atoms with Gasteiger partial charge in [0.05, 0.1) is 13.3 Å². The molecule has 76 valence electrons. The lowest BCUT2D eigenvalue weighted by Gasteiger charge is -2.09. The maximum absolute atomic E-state index is 11.2. The third-order valence-electron chi connectivity index (χ3n) is 1.73. The van der Waals surface area contributed by atoms with Gasteiger partial charge in [-0.15, -0.1) is 0 Å². The van der Waals surface area contributed by atoms with Crippen LogP contribution >= 0.6 is 0 Å². The molecule has 1 aromatic rings. The van der Waals surface area contributed by atoms with Crippen molar-refractivity contribution in [1.29, 1.82) is 0 Å². The monoisotopic (exact) mass is 195 g/mol. The quantitative estimate of drug-likeness (QED) is 0.519. The van der Waals surface area contributed by atoms with Gasteiger partial charge in [0.1, 0.15) is 0 Å². The highest BCUT2D eigenvalue weighted by atomic mass is 16.7. The maximum atomic E-state index is 11.2. The first kappa shape index (κ1) is 10.5. The number of carbonyl (C=O) groups excluding carboxylic acids is 1. The summed E-state index contributed by atoms with van der Waals surface area (Å²) in [6.07, 6.45) is 6.61.